The molecule has 0 saturated carbocycles. The van der Waals surface area contributed by atoms with Crippen LogP contribution in [0.5, 0.6) is 0 Å². The highest BCUT2D eigenvalue weighted by Gasteiger charge is 2.14. The number of likely N-dealkylation sites (N-methyl/N-ethyl adjacent to an activating group) is 1. The van der Waals surface area contributed by atoms with E-state index >= 15 is 0 Å². The molecule has 0 aromatic carbocycles. The summed E-state index contributed by atoms with van der Waals surface area (Å²) >= 11 is 0. The third-order valence-corrected chi connectivity index (χ3v) is 3.10. The maximum absolute atomic E-state index is 6.88. The summed E-state index contributed by atoms with van der Waals surface area (Å²) in [6.45, 7) is 6.63. The molecule has 2 rings (SSSR count). The highest BCUT2D eigenvalue weighted by molar-refractivity contribution is 5.68. The second-order valence-corrected chi connectivity index (χ2v) is 4.24. The smallest absolute Gasteiger partial charge is 0.0387 e. The van der Waals surface area contributed by atoms with Crippen molar-refractivity contribution in [2.24, 2.45) is 0 Å². The van der Waals surface area contributed by atoms with Crippen LogP contribution < -0.4 is 0 Å². The standard InChI is InChI=1S/C14H19N3/c1-2-16-8-9-17-11-13(10-14(17)12-16)6-4-3-5-7-15/h3-7,10-11,15H,2,8-9,12H2,1H3/b5-3-,6-4+,15-7?. The lowest BCUT2D eigenvalue weighted by molar-refractivity contribution is 0.232. The molecule has 0 fully saturated rings. The number of nitrogens with one attached hydrogen (secondary N) is 1. The molecule has 1 aliphatic rings. The summed E-state index contributed by atoms with van der Waals surface area (Å²) in [7, 11) is 0. The molecule has 3 heteroatoms. The maximum Gasteiger partial charge on any atom is 0.0387 e. The van der Waals surface area contributed by atoms with Gasteiger partial charge in [-0.05, 0) is 24.3 Å². The van der Waals surface area contributed by atoms with Crippen LogP contribution in [0, 0.1) is 5.41 Å². The quantitative estimate of drug-likeness (QED) is 0.624. The minimum Gasteiger partial charge on any atom is -0.348 e. The van der Waals surface area contributed by atoms with Gasteiger partial charge in [0.15, 0.2) is 0 Å². The summed E-state index contributed by atoms with van der Waals surface area (Å²) in [5.41, 5.74) is 2.64. The van der Waals surface area contributed by atoms with Crippen molar-refractivity contribution in [1.29, 1.82) is 5.41 Å². The third kappa shape index (κ3) is 2.94. The Morgan fingerprint density at radius 3 is 2.94 bits per heavy atom. The second-order valence-electron chi connectivity index (χ2n) is 4.24. The zero-order chi connectivity index (χ0) is 12.1. The van der Waals surface area contributed by atoms with E-state index in [0.29, 0.717) is 0 Å². The molecule has 0 atom stereocenters. The number of hydrogen-bond acceptors (Lipinski definition) is 2. The highest BCUT2D eigenvalue weighted by Crippen LogP contribution is 2.17. The van der Waals surface area contributed by atoms with Crippen molar-refractivity contribution in [3.63, 3.8) is 0 Å². The van der Waals surface area contributed by atoms with Gasteiger partial charge in [0.2, 0.25) is 0 Å². The van der Waals surface area contributed by atoms with Crippen molar-refractivity contribution >= 4 is 12.3 Å². The number of fused-ring (bicyclic) bond motifs is 1. The molecule has 90 valence electrons. The van der Waals surface area contributed by atoms with Crippen LogP contribution in [-0.2, 0) is 13.1 Å². The van der Waals surface area contributed by atoms with E-state index in [-0.39, 0.29) is 0 Å². The summed E-state index contributed by atoms with van der Waals surface area (Å²) in [5, 5.41) is 6.88. The maximum atomic E-state index is 6.88. The van der Waals surface area contributed by atoms with Crippen molar-refractivity contribution < 1.29 is 0 Å². The molecule has 0 unspecified atom stereocenters. The molecule has 0 aliphatic carbocycles. The van der Waals surface area contributed by atoms with E-state index in [1.807, 2.05) is 12.2 Å². The van der Waals surface area contributed by atoms with E-state index < -0.39 is 0 Å². The van der Waals surface area contributed by atoms with Crippen LogP contribution in [0.15, 0.2) is 30.5 Å². The van der Waals surface area contributed by atoms with Gasteiger partial charge in [-0.25, -0.2) is 0 Å². The lowest BCUT2D eigenvalue weighted by Gasteiger charge is -2.26. The minimum absolute atomic E-state index is 1.06. The van der Waals surface area contributed by atoms with E-state index in [0.717, 1.165) is 26.2 Å². The van der Waals surface area contributed by atoms with Crippen LogP contribution in [-0.4, -0.2) is 28.8 Å². The Bertz CT molecular complexity index is 440. The predicted octanol–water partition coefficient (Wildman–Crippen LogP) is 2.54. The fraction of sp³-hybridized carbons (Fsp3) is 0.357. The average Bonchev–Trinajstić information content (AvgIpc) is 2.76. The number of allylic oxidation sites excluding steroid dienone is 3. The van der Waals surface area contributed by atoms with Crippen LogP contribution in [0.1, 0.15) is 18.2 Å². The monoisotopic (exact) mass is 229 g/mol. The molecule has 0 bridgehead atoms. The van der Waals surface area contributed by atoms with Gasteiger partial charge in [-0.3, -0.25) is 4.90 Å². The van der Waals surface area contributed by atoms with Crippen molar-refractivity contribution in [1.82, 2.24) is 9.47 Å². The zero-order valence-corrected chi connectivity index (χ0v) is 10.3. The molecule has 1 N–H and O–H groups in total. The first-order valence-corrected chi connectivity index (χ1v) is 6.08. The molecule has 0 amide bonds. The molecule has 1 aromatic rings. The fourth-order valence-electron chi connectivity index (χ4n) is 2.12. The lowest BCUT2D eigenvalue weighted by atomic mass is 10.2. The Balaban J connectivity index is 2.07. The van der Waals surface area contributed by atoms with Crippen molar-refractivity contribution in [2.45, 2.75) is 20.0 Å². The normalized spacial score (nSPS) is 16.8. The van der Waals surface area contributed by atoms with Crippen molar-refractivity contribution in [2.75, 3.05) is 13.1 Å². The van der Waals surface area contributed by atoms with E-state index in [1.165, 1.54) is 17.5 Å². The van der Waals surface area contributed by atoms with Gasteiger partial charge in [0.05, 0.1) is 0 Å². The van der Waals surface area contributed by atoms with Crippen LogP contribution in [0.3, 0.4) is 0 Å². The van der Waals surface area contributed by atoms with E-state index in [4.69, 9.17) is 5.41 Å². The summed E-state index contributed by atoms with van der Waals surface area (Å²) in [6, 6.07) is 2.25. The minimum atomic E-state index is 1.06. The molecule has 0 spiro atoms. The van der Waals surface area contributed by atoms with Gasteiger partial charge in [-0.1, -0.05) is 25.2 Å². The Labute approximate surface area is 103 Å². The van der Waals surface area contributed by atoms with Crippen LogP contribution in [0.25, 0.3) is 6.08 Å². The Hall–Kier alpha value is -1.61. The molecule has 2 heterocycles. The van der Waals surface area contributed by atoms with Gasteiger partial charge in [-0.15, -0.1) is 0 Å². The molecule has 3 nitrogen and oxygen atoms in total. The van der Waals surface area contributed by atoms with Gasteiger partial charge < -0.3 is 9.98 Å². The average molecular weight is 229 g/mol. The second kappa shape index (κ2) is 5.64. The third-order valence-electron chi connectivity index (χ3n) is 3.10. The van der Waals surface area contributed by atoms with Crippen LogP contribution >= 0.6 is 0 Å². The Morgan fingerprint density at radius 2 is 2.18 bits per heavy atom. The highest BCUT2D eigenvalue weighted by atomic mass is 15.2. The van der Waals surface area contributed by atoms with Crippen molar-refractivity contribution in [3.8, 4) is 0 Å². The van der Waals surface area contributed by atoms with Gasteiger partial charge >= 0.3 is 0 Å². The van der Waals surface area contributed by atoms with E-state index in [1.54, 1.807) is 6.08 Å². The first-order chi connectivity index (χ1) is 8.33. The molecule has 1 aliphatic heterocycles. The molecular formula is C14H19N3. The van der Waals surface area contributed by atoms with E-state index in [2.05, 4.69) is 34.7 Å². The van der Waals surface area contributed by atoms with Gasteiger partial charge in [0.25, 0.3) is 0 Å². The SMILES string of the molecule is CCN1CCn2cc(/C=C/C=C\C=N)cc2C1. The fourth-order valence-corrected chi connectivity index (χ4v) is 2.12. The number of rotatable bonds is 4. The lowest BCUT2D eigenvalue weighted by Crippen LogP contribution is -2.32. The molecule has 0 radical (unpaired) electrons. The summed E-state index contributed by atoms with van der Waals surface area (Å²) in [5.74, 6) is 0. The molecule has 17 heavy (non-hydrogen) atoms. The van der Waals surface area contributed by atoms with Crippen LogP contribution in [0.4, 0.5) is 0 Å². The number of aromatic nitrogens is 1. The Morgan fingerprint density at radius 1 is 1.29 bits per heavy atom. The molecule has 1 aromatic heterocycles. The predicted molar refractivity (Wildman–Crippen MR) is 72.3 cm³/mol. The first-order valence-electron chi connectivity index (χ1n) is 6.08. The number of nitrogens with zero attached hydrogens (tertiary/aromatic N) is 2. The van der Waals surface area contributed by atoms with Crippen molar-refractivity contribution in [3.05, 3.63) is 41.7 Å². The molecular weight excluding hydrogens is 210 g/mol. The van der Waals surface area contributed by atoms with Gasteiger partial charge in [0.1, 0.15) is 0 Å². The number of hydrogen-bond donors (Lipinski definition) is 1. The largest absolute Gasteiger partial charge is 0.348 e. The van der Waals surface area contributed by atoms with Gasteiger partial charge in [-0.2, -0.15) is 0 Å². The zero-order valence-electron chi connectivity index (χ0n) is 10.3. The first kappa shape index (κ1) is 11.9. The van der Waals surface area contributed by atoms with Crippen LogP contribution in [0.2, 0.25) is 0 Å². The summed E-state index contributed by atoms with van der Waals surface area (Å²) in [6.07, 6.45) is 11.1. The summed E-state index contributed by atoms with van der Waals surface area (Å²) < 4.78 is 2.34. The van der Waals surface area contributed by atoms with E-state index in [9.17, 15) is 0 Å². The Kier molecular flexibility index (Phi) is 3.94. The van der Waals surface area contributed by atoms with Gasteiger partial charge in [0, 0.05) is 37.7 Å². The summed E-state index contributed by atoms with van der Waals surface area (Å²) in [4.78, 5) is 2.46. The topological polar surface area (TPSA) is 32.0 Å². The molecule has 0 saturated heterocycles.